The number of nitrogens with one attached hydrogen (secondary N) is 1. The number of piperidine rings is 1. The van der Waals surface area contributed by atoms with E-state index in [0.717, 1.165) is 56.0 Å². The number of hydrogen-bond donors (Lipinski definition) is 2. The van der Waals surface area contributed by atoms with Gasteiger partial charge < -0.3 is 20.0 Å². The van der Waals surface area contributed by atoms with Crippen LogP contribution in [0.2, 0.25) is 0 Å². The monoisotopic (exact) mass is 593 g/mol. The minimum absolute atomic E-state index is 0.150. The number of nitrogen functional groups attached to an aromatic ring is 1. The first-order valence-electron chi connectivity index (χ1n) is 14.5. The number of hydrogen-bond acceptors (Lipinski definition) is 10. The van der Waals surface area contributed by atoms with E-state index < -0.39 is 0 Å². The summed E-state index contributed by atoms with van der Waals surface area (Å²) in [6.07, 6.45) is 7.60. The van der Waals surface area contributed by atoms with Crippen molar-refractivity contribution in [1.82, 2.24) is 34.5 Å². The van der Waals surface area contributed by atoms with E-state index in [4.69, 9.17) is 10.2 Å². The molecule has 3 N–H and O–H groups in total. The summed E-state index contributed by atoms with van der Waals surface area (Å²) in [4.78, 5) is 28.5. The van der Waals surface area contributed by atoms with Crippen molar-refractivity contribution in [2.24, 2.45) is 0 Å². The molecule has 0 amide bonds. The Morgan fingerprint density at radius 2 is 1.81 bits per heavy atom. The molecule has 11 nitrogen and oxygen atoms in total. The Kier molecular flexibility index (Phi) is 8.77. The minimum Gasteiger partial charge on any atom is -0.461 e. The molecule has 222 valence electrons. The second kappa shape index (κ2) is 13.0. The SMILES string of the molecule is Nc1nc(-c2ccco2)[nH]ncnc2c1sc(=O)n2CCN1CCN(c2ccc(CCN3CCCCC3)cc2F)CC1. The van der Waals surface area contributed by atoms with Crippen molar-refractivity contribution < 1.29 is 8.81 Å². The van der Waals surface area contributed by atoms with Gasteiger partial charge in [0.2, 0.25) is 0 Å². The molecule has 0 radical (unpaired) electrons. The molecule has 2 saturated heterocycles. The van der Waals surface area contributed by atoms with E-state index in [1.165, 1.54) is 31.9 Å². The standard InChI is InChI=1S/C29H36FN9O2S/c30-22-19-21(8-11-36-9-2-1-3-10-36)6-7-23(22)38-15-12-37(13-16-38)14-17-39-28-25(42-29(39)40)26(31)34-27(35-33-20-32-28)24-5-4-18-41-24/h4-7,18-20H,1-3,8-17,31H2,(H,34,35). The fourth-order valence-electron chi connectivity index (χ4n) is 5.67. The maximum atomic E-state index is 15.1. The fraction of sp³-hybridized carbons (Fsp3) is 0.448. The average Bonchev–Trinajstić information content (AvgIpc) is 3.66. The Morgan fingerprint density at radius 3 is 2.57 bits per heavy atom. The van der Waals surface area contributed by atoms with Crippen LogP contribution >= 0.6 is 11.3 Å². The van der Waals surface area contributed by atoms with Crippen LogP contribution in [0.3, 0.4) is 0 Å². The first-order valence-corrected chi connectivity index (χ1v) is 15.3. The van der Waals surface area contributed by atoms with E-state index in [1.807, 2.05) is 6.07 Å². The number of aromatic amines is 1. The summed E-state index contributed by atoms with van der Waals surface area (Å²) in [5.74, 6) is 0.800. The highest BCUT2D eigenvalue weighted by Crippen LogP contribution is 2.24. The third-order valence-corrected chi connectivity index (χ3v) is 9.02. The van der Waals surface area contributed by atoms with Crippen molar-refractivity contribution in [3.63, 3.8) is 0 Å². The summed E-state index contributed by atoms with van der Waals surface area (Å²) in [7, 11) is 0. The van der Waals surface area contributed by atoms with Crippen LogP contribution in [0.1, 0.15) is 24.8 Å². The van der Waals surface area contributed by atoms with Crippen LogP contribution in [0.4, 0.5) is 15.9 Å². The number of thiazole rings is 1. The zero-order chi connectivity index (χ0) is 28.9. The van der Waals surface area contributed by atoms with Gasteiger partial charge in [0.25, 0.3) is 0 Å². The second-order valence-corrected chi connectivity index (χ2v) is 11.7. The summed E-state index contributed by atoms with van der Waals surface area (Å²) in [5.41, 5.74) is 8.43. The van der Waals surface area contributed by atoms with Crippen LogP contribution in [-0.4, -0.2) is 86.9 Å². The maximum absolute atomic E-state index is 15.1. The van der Waals surface area contributed by atoms with Crippen LogP contribution in [0, 0.1) is 5.82 Å². The molecule has 0 saturated carbocycles. The van der Waals surface area contributed by atoms with Gasteiger partial charge in [-0.15, -0.1) is 0 Å². The van der Waals surface area contributed by atoms with Crippen molar-refractivity contribution >= 4 is 33.2 Å². The molecule has 5 heterocycles. The molecule has 0 unspecified atom stereocenters. The number of aromatic nitrogens is 5. The molecule has 0 bridgehead atoms. The number of nitrogens with zero attached hydrogens (tertiary/aromatic N) is 7. The highest BCUT2D eigenvalue weighted by Gasteiger charge is 2.21. The third kappa shape index (κ3) is 6.48. The number of anilines is 2. The number of halogens is 1. The molecular weight excluding hydrogens is 557 g/mol. The highest BCUT2D eigenvalue weighted by molar-refractivity contribution is 7.17. The maximum Gasteiger partial charge on any atom is 0.309 e. The van der Waals surface area contributed by atoms with Crippen LogP contribution in [-0.2, 0) is 13.0 Å². The summed E-state index contributed by atoms with van der Waals surface area (Å²) < 4.78 is 22.6. The van der Waals surface area contributed by atoms with Gasteiger partial charge in [-0.25, -0.2) is 14.4 Å². The Morgan fingerprint density at radius 1 is 1.00 bits per heavy atom. The van der Waals surface area contributed by atoms with Crippen molar-refractivity contribution in [3.05, 3.63) is 64.0 Å². The molecular formula is C29H36FN9O2S. The van der Waals surface area contributed by atoms with Crippen LogP contribution in [0.25, 0.3) is 21.9 Å². The van der Waals surface area contributed by atoms with E-state index in [2.05, 4.69) is 40.9 Å². The Bertz CT molecular complexity index is 1600. The van der Waals surface area contributed by atoms with Gasteiger partial charge in [0, 0.05) is 45.8 Å². The van der Waals surface area contributed by atoms with Gasteiger partial charge in [-0.3, -0.25) is 19.4 Å². The van der Waals surface area contributed by atoms with Crippen LogP contribution < -0.4 is 15.5 Å². The molecule has 0 aliphatic carbocycles. The predicted octanol–water partition coefficient (Wildman–Crippen LogP) is 3.53. The molecule has 42 heavy (non-hydrogen) atoms. The normalized spacial score (nSPS) is 16.6. The third-order valence-electron chi connectivity index (χ3n) is 8.03. The first kappa shape index (κ1) is 28.3. The number of likely N-dealkylation sites (tertiary alicyclic amines) is 1. The van der Waals surface area contributed by atoms with Gasteiger partial charge >= 0.3 is 4.87 Å². The van der Waals surface area contributed by atoms with Gasteiger partial charge in [-0.1, -0.05) is 23.8 Å². The average molecular weight is 594 g/mol. The number of furan rings is 1. The van der Waals surface area contributed by atoms with E-state index in [9.17, 15) is 4.79 Å². The number of benzene rings is 1. The second-order valence-electron chi connectivity index (χ2n) is 10.7. The van der Waals surface area contributed by atoms with Crippen molar-refractivity contribution in [1.29, 1.82) is 0 Å². The number of nitrogens with two attached hydrogens (primary N) is 1. The molecule has 4 aromatic rings. The first-order chi connectivity index (χ1) is 20.5. The molecule has 3 aromatic heterocycles. The van der Waals surface area contributed by atoms with E-state index in [0.29, 0.717) is 53.8 Å². The summed E-state index contributed by atoms with van der Waals surface area (Å²) in [6.45, 7) is 7.37. The molecule has 0 atom stereocenters. The Hall–Kier alpha value is -3.81. The van der Waals surface area contributed by atoms with Gasteiger partial charge in [0.1, 0.15) is 22.7 Å². The molecule has 0 spiro atoms. The topological polar surface area (TPSA) is 125 Å². The molecule has 1 aromatic carbocycles. The van der Waals surface area contributed by atoms with Gasteiger partial charge in [-0.05, 0) is 62.2 Å². The Balaban J connectivity index is 1.08. The van der Waals surface area contributed by atoms with Gasteiger partial charge in [-0.2, -0.15) is 5.10 Å². The van der Waals surface area contributed by atoms with Gasteiger partial charge in [0.15, 0.2) is 17.2 Å². The molecule has 2 aliphatic rings. The van der Waals surface area contributed by atoms with Crippen molar-refractivity contribution in [2.75, 3.05) is 63.0 Å². The summed E-state index contributed by atoms with van der Waals surface area (Å²) in [5, 5.41) is 6.87. The van der Waals surface area contributed by atoms with E-state index >= 15 is 4.39 Å². The number of rotatable bonds is 8. The molecule has 2 fully saturated rings. The lowest BCUT2D eigenvalue weighted by molar-refractivity contribution is 0.231. The minimum atomic E-state index is -0.163. The van der Waals surface area contributed by atoms with Gasteiger partial charge in [0.05, 0.1) is 12.0 Å². The zero-order valence-corrected chi connectivity index (χ0v) is 24.4. The number of piperazine rings is 1. The fourth-order valence-corrected chi connectivity index (χ4v) is 6.54. The molecule has 13 heteroatoms. The summed E-state index contributed by atoms with van der Waals surface area (Å²) in [6, 6.07) is 9.18. The van der Waals surface area contributed by atoms with Crippen LogP contribution in [0.5, 0.6) is 0 Å². The predicted molar refractivity (Wildman–Crippen MR) is 163 cm³/mol. The van der Waals surface area contributed by atoms with E-state index in [-0.39, 0.29) is 16.5 Å². The lowest BCUT2D eigenvalue weighted by Crippen LogP contribution is -2.47. The quantitative estimate of drug-likeness (QED) is 0.316. The van der Waals surface area contributed by atoms with Crippen molar-refractivity contribution in [2.45, 2.75) is 32.2 Å². The lowest BCUT2D eigenvalue weighted by atomic mass is 10.1. The zero-order valence-electron chi connectivity index (χ0n) is 23.5. The van der Waals surface area contributed by atoms with E-state index in [1.54, 1.807) is 22.8 Å². The largest absolute Gasteiger partial charge is 0.461 e. The molecule has 6 rings (SSSR count). The Labute approximate surface area is 247 Å². The summed E-state index contributed by atoms with van der Waals surface area (Å²) >= 11 is 1.01. The van der Waals surface area contributed by atoms with Crippen molar-refractivity contribution in [3.8, 4) is 11.6 Å². The number of fused-ring (bicyclic) bond motifs is 1. The highest BCUT2D eigenvalue weighted by atomic mass is 32.1. The smallest absolute Gasteiger partial charge is 0.309 e. The lowest BCUT2D eigenvalue weighted by Gasteiger charge is -2.36. The molecule has 2 aliphatic heterocycles. The number of H-pyrrole nitrogens is 1. The van der Waals surface area contributed by atoms with Crippen LogP contribution in [0.15, 0.2) is 52.1 Å².